The van der Waals surface area contributed by atoms with Crippen LogP contribution in [-0.2, 0) is 9.53 Å². The van der Waals surface area contributed by atoms with E-state index in [1.165, 1.54) is 17.0 Å². The lowest BCUT2D eigenvalue weighted by Gasteiger charge is -2.32. The van der Waals surface area contributed by atoms with E-state index in [1.54, 1.807) is 19.2 Å². The summed E-state index contributed by atoms with van der Waals surface area (Å²) >= 11 is 0. The first-order chi connectivity index (χ1) is 11.0. The van der Waals surface area contributed by atoms with Gasteiger partial charge >= 0.3 is 6.03 Å². The molecule has 3 amide bonds. The quantitative estimate of drug-likeness (QED) is 0.866. The van der Waals surface area contributed by atoms with E-state index in [-0.39, 0.29) is 11.9 Å². The lowest BCUT2D eigenvalue weighted by atomic mass is 10.0. The minimum absolute atomic E-state index is 0.155. The first-order valence-corrected chi connectivity index (χ1v) is 7.64. The highest BCUT2D eigenvalue weighted by molar-refractivity contribution is 5.99. The van der Waals surface area contributed by atoms with Crippen LogP contribution in [0.15, 0.2) is 24.3 Å². The number of carbonyl (C=O) groups is 2. The molecule has 0 spiro atoms. The minimum Gasteiger partial charge on any atom is -0.383 e. The Hall–Kier alpha value is -2.15. The van der Waals surface area contributed by atoms with Gasteiger partial charge in [0.1, 0.15) is 11.9 Å². The highest BCUT2D eigenvalue weighted by atomic mass is 19.1. The van der Waals surface area contributed by atoms with Gasteiger partial charge in [-0.1, -0.05) is 6.07 Å². The van der Waals surface area contributed by atoms with E-state index >= 15 is 0 Å². The van der Waals surface area contributed by atoms with Crippen molar-refractivity contribution in [3.63, 3.8) is 0 Å². The SMILES string of the molecule is COC[C@H](C)NC(=O)N[C@H]1CCCN(c2cccc(F)c2)C1=O. The van der Waals surface area contributed by atoms with Crippen molar-refractivity contribution in [1.82, 2.24) is 10.6 Å². The Morgan fingerprint density at radius 1 is 1.52 bits per heavy atom. The van der Waals surface area contributed by atoms with Crippen molar-refractivity contribution < 1.29 is 18.7 Å². The molecule has 0 saturated carbocycles. The summed E-state index contributed by atoms with van der Waals surface area (Å²) in [6.07, 6.45) is 1.30. The Morgan fingerprint density at radius 2 is 2.30 bits per heavy atom. The number of halogens is 1. The van der Waals surface area contributed by atoms with Gasteiger partial charge in [-0.15, -0.1) is 0 Å². The number of ether oxygens (including phenoxy) is 1. The average molecular weight is 323 g/mol. The zero-order valence-corrected chi connectivity index (χ0v) is 13.3. The standard InChI is InChI=1S/C16H22FN3O3/c1-11(10-23-2)18-16(22)19-14-7-4-8-20(15(14)21)13-6-3-5-12(17)9-13/h3,5-6,9,11,14H,4,7-8,10H2,1-2H3,(H2,18,19,22)/t11-,14-/m0/s1. The highest BCUT2D eigenvalue weighted by Crippen LogP contribution is 2.21. The van der Waals surface area contributed by atoms with Gasteiger partial charge in [0.15, 0.2) is 0 Å². The maximum absolute atomic E-state index is 13.3. The molecule has 0 aromatic heterocycles. The second-order valence-corrected chi connectivity index (χ2v) is 5.64. The van der Waals surface area contributed by atoms with Crippen molar-refractivity contribution in [3.8, 4) is 0 Å². The van der Waals surface area contributed by atoms with Crippen molar-refractivity contribution >= 4 is 17.6 Å². The molecule has 1 aromatic rings. The van der Waals surface area contributed by atoms with Crippen LogP contribution in [0.5, 0.6) is 0 Å². The summed E-state index contributed by atoms with van der Waals surface area (Å²) in [5.74, 6) is -0.618. The predicted octanol–water partition coefficient (Wildman–Crippen LogP) is 1.66. The number of rotatable bonds is 5. The van der Waals surface area contributed by atoms with Crippen molar-refractivity contribution in [2.45, 2.75) is 31.8 Å². The topological polar surface area (TPSA) is 70.7 Å². The molecule has 126 valence electrons. The van der Waals surface area contributed by atoms with Gasteiger partial charge in [-0.3, -0.25) is 4.79 Å². The number of benzene rings is 1. The van der Waals surface area contributed by atoms with Crippen molar-refractivity contribution in [2.75, 3.05) is 25.2 Å². The van der Waals surface area contributed by atoms with Gasteiger partial charge in [0.25, 0.3) is 0 Å². The number of amides is 3. The van der Waals surface area contributed by atoms with Crippen LogP contribution >= 0.6 is 0 Å². The zero-order valence-electron chi connectivity index (χ0n) is 13.3. The van der Waals surface area contributed by atoms with E-state index in [9.17, 15) is 14.0 Å². The molecule has 1 aliphatic rings. The van der Waals surface area contributed by atoms with E-state index in [2.05, 4.69) is 10.6 Å². The zero-order chi connectivity index (χ0) is 16.8. The molecule has 1 fully saturated rings. The Kier molecular flexibility index (Phi) is 5.92. The molecule has 0 aliphatic carbocycles. The fraction of sp³-hybridized carbons (Fsp3) is 0.500. The van der Waals surface area contributed by atoms with Gasteiger partial charge in [0.2, 0.25) is 5.91 Å². The summed E-state index contributed by atoms with van der Waals surface area (Å²) in [6, 6.07) is 4.73. The van der Waals surface area contributed by atoms with E-state index < -0.39 is 17.9 Å². The molecule has 1 saturated heterocycles. The molecule has 0 bridgehead atoms. The molecular formula is C16H22FN3O3. The van der Waals surface area contributed by atoms with Gasteiger partial charge in [0.05, 0.1) is 12.6 Å². The van der Waals surface area contributed by atoms with E-state index in [0.717, 1.165) is 6.42 Å². The monoisotopic (exact) mass is 323 g/mol. The van der Waals surface area contributed by atoms with Gasteiger partial charge in [0, 0.05) is 19.3 Å². The Labute approximate surface area is 135 Å². The normalized spacial score (nSPS) is 19.3. The average Bonchev–Trinajstić information content (AvgIpc) is 2.49. The van der Waals surface area contributed by atoms with Gasteiger partial charge < -0.3 is 20.3 Å². The van der Waals surface area contributed by atoms with Crippen LogP contribution in [0.2, 0.25) is 0 Å². The van der Waals surface area contributed by atoms with Crippen molar-refractivity contribution in [1.29, 1.82) is 0 Å². The molecule has 1 heterocycles. The van der Waals surface area contributed by atoms with Crippen LogP contribution in [0, 0.1) is 5.82 Å². The van der Waals surface area contributed by atoms with Crippen LogP contribution in [0.4, 0.5) is 14.9 Å². The number of hydrogen-bond acceptors (Lipinski definition) is 3. The third-order valence-corrected chi connectivity index (χ3v) is 3.66. The molecule has 6 nitrogen and oxygen atoms in total. The molecule has 23 heavy (non-hydrogen) atoms. The lowest BCUT2D eigenvalue weighted by Crippen LogP contribution is -2.55. The number of hydrogen-bond donors (Lipinski definition) is 2. The van der Waals surface area contributed by atoms with E-state index in [4.69, 9.17) is 4.74 Å². The van der Waals surface area contributed by atoms with Crippen LogP contribution in [-0.4, -0.2) is 44.3 Å². The minimum atomic E-state index is -0.609. The van der Waals surface area contributed by atoms with E-state index in [0.29, 0.717) is 25.3 Å². The van der Waals surface area contributed by atoms with Crippen LogP contribution in [0.25, 0.3) is 0 Å². The number of anilines is 1. The van der Waals surface area contributed by atoms with Crippen LogP contribution in [0.1, 0.15) is 19.8 Å². The highest BCUT2D eigenvalue weighted by Gasteiger charge is 2.31. The molecule has 1 aromatic carbocycles. The molecule has 2 N–H and O–H groups in total. The van der Waals surface area contributed by atoms with Crippen molar-refractivity contribution in [2.24, 2.45) is 0 Å². The lowest BCUT2D eigenvalue weighted by molar-refractivity contribution is -0.121. The maximum Gasteiger partial charge on any atom is 0.315 e. The Morgan fingerprint density at radius 3 is 3.00 bits per heavy atom. The number of nitrogens with one attached hydrogen (secondary N) is 2. The molecule has 0 unspecified atom stereocenters. The molecule has 1 aliphatic heterocycles. The third kappa shape index (κ3) is 4.66. The fourth-order valence-corrected chi connectivity index (χ4v) is 2.62. The second kappa shape index (κ2) is 7.92. The van der Waals surface area contributed by atoms with Crippen LogP contribution < -0.4 is 15.5 Å². The third-order valence-electron chi connectivity index (χ3n) is 3.66. The number of piperidine rings is 1. The first-order valence-electron chi connectivity index (χ1n) is 7.64. The van der Waals surface area contributed by atoms with E-state index in [1.807, 2.05) is 6.92 Å². The molecule has 0 radical (unpaired) electrons. The summed E-state index contributed by atoms with van der Waals surface area (Å²) in [7, 11) is 1.55. The maximum atomic E-state index is 13.3. The first kappa shape index (κ1) is 17.2. The summed E-state index contributed by atoms with van der Waals surface area (Å²) in [4.78, 5) is 26.0. The molecular weight excluding hydrogens is 301 g/mol. The van der Waals surface area contributed by atoms with Gasteiger partial charge in [-0.25, -0.2) is 9.18 Å². The summed E-state index contributed by atoms with van der Waals surface area (Å²) < 4.78 is 18.3. The fourth-order valence-electron chi connectivity index (χ4n) is 2.62. The molecule has 2 rings (SSSR count). The summed E-state index contributed by atoms with van der Waals surface area (Å²) in [5, 5.41) is 5.39. The van der Waals surface area contributed by atoms with Gasteiger partial charge in [-0.2, -0.15) is 0 Å². The second-order valence-electron chi connectivity index (χ2n) is 5.64. The molecule has 7 heteroatoms. The number of carbonyl (C=O) groups excluding carboxylic acids is 2. The van der Waals surface area contributed by atoms with Crippen LogP contribution in [0.3, 0.4) is 0 Å². The summed E-state index contributed by atoms with van der Waals surface area (Å²) in [6.45, 7) is 2.72. The molecule has 2 atom stereocenters. The Bertz CT molecular complexity index is 567. The smallest absolute Gasteiger partial charge is 0.315 e. The van der Waals surface area contributed by atoms with Gasteiger partial charge in [-0.05, 0) is 38.0 Å². The summed E-state index contributed by atoms with van der Waals surface area (Å²) in [5.41, 5.74) is 0.509. The Balaban J connectivity index is 1.98. The number of nitrogens with zero attached hydrogens (tertiary/aromatic N) is 1. The largest absolute Gasteiger partial charge is 0.383 e. The number of methoxy groups -OCH3 is 1. The van der Waals surface area contributed by atoms with Crippen molar-refractivity contribution in [3.05, 3.63) is 30.1 Å². The number of urea groups is 1. The predicted molar refractivity (Wildman–Crippen MR) is 84.8 cm³/mol.